The summed E-state index contributed by atoms with van der Waals surface area (Å²) in [6, 6.07) is 11.7. The van der Waals surface area contributed by atoms with Crippen molar-refractivity contribution >= 4 is 17.4 Å². The molecule has 1 aromatic carbocycles. The normalized spacial score (nSPS) is 15.6. The van der Waals surface area contributed by atoms with Crippen molar-refractivity contribution in [2.45, 2.75) is 39.7 Å². The van der Waals surface area contributed by atoms with Gasteiger partial charge in [0.25, 0.3) is 0 Å². The van der Waals surface area contributed by atoms with Gasteiger partial charge in [0, 0.05) is 29.9 Å². The topological polar surface area (TPSA) is 59.2 Å². The molecule has 1 aromatic heterocycles. The van der Waals surface area contributed by atoms with E-state index in [-0.39, 0.29) is 11.9 Å². The summed E-state index contributed by atoms with van der Waals surface area (Å²) < 4.78 is 0. The molecule has 2 heterocycles. The second kappa shape index (κ2) is 7.65. The summed E-state index contributed by atoms with van der Waals surface area (Å²) in [7, 11) is 0. The van der Waals surface area contributed by atoms with Crippen molar-refractivity contribution in [3.05, 3.63) is 53.2 Å². The Kier molecular flexibility index (Phi) is 5.59. The number of carbonyl (C=O) groups is 1. The molecule has 0 unspecified atom stereocenters. The number of nitrogen functional groups attached to an aromatic ring is 1. The van der Waals surface area contributed by atoms with E-state index in [1.165, 1.54) is 5.56 Å². The van der Waals surface area contributed by atoms with E-state index in [1.54, 1.807) is 13.0 Å². The SMILES string of the molecule is C#Cc1ccc2c(c1)CC[C@H](C)N2C(C)=O.Cc1cccc(N)n1. The van der Waals surface area contributed by atoms with Gasteiger partial charge in [-0.25, -0.2) is 4.98 Å². The number of nitrogens with two attached hydrogens (primary N) is 1. The lowest BCUT2D eigenvalue weighted by molar-refractivity contribution is -0.117. The van der Waals surface area contributed by atoms with E-state index in [0.717, 1.165) is 29.8 Å². The number of carbonyl (C=O) groups excluding carboxylic acids is 1. The lowest BCUT2D eigenvalue weighted by Gasteiger charge is -2.34. The van der Waals surface area contributed by atoms with Crippen LogP contribution in [0.5, 0.6) is 0 Å². The van der Waals surface area contributed by atoms with Crippen LogP contribution in [0.3, 0.4) is 0 Å². The first-order valence-electron chi connectivity index (χ1n) is 8.01. The zero-order valence-corrected chi connectivity index (χ0v) is 14.4. The van der Waals surface area contributed by atoms with Crippen molar-refractivity contribution in [3.8, 4) is 12.3 Å². The smallest absolute Gasteiger partial charge is 0.224 e. The molecule has 0 spiro atoms. The first kappa shape index (κ1) is 17.6. The van der Waals surface area contributed by atoms with Gasteiger partial charge in [-0.2, -0.15) is 0 Å². The van der Waals surface area contributed by atoms with Crippen LogP contribution >= 0.6 is 0 Å². The monoisotopic (exact) mass is 321 g/mol. The first-order chi connectivity index (χ1) is 11.4. The van der Waals surface area contributed by atoms with E-state index in [0.29, 0.717) is 5.82 Å². The van der Waals surface area contributed by atoms with Crippen molar-refractivity contribution in [3.63, 3.8) is 0 Å². The molecule has 3 rings (SSSR count). The summed E-state index contributed by atoms with van der Waals surface area (Å²) in [5, 5.41) is 0. The highest BCUT2D eigenvalue weighted by molar-refractivity contribution is 5.93. The summed E-state index contributed by atoms with van der Waals surface area (Å²) in [6.45, 7) is 5.61. The van der Waals surface area contributed by atoms with Crippen molar-refractivity contribution in [2.24, 2.45) is 0 Å². The molecular weight excluding hydrogens is 298 g/mol. The molecular formula is C20H23N3O. The third-order valence-electron chi connectivity index (χ3n) is 4.03. The van der Waals surface area contributed by atoms with Crippen LogP contribution in [-0.2, 0) is 11.2 Å². The molecule has 4 nitrogen and oxygen atoms in total. The molecule has 0 saturated carbocycles. The Hall–Kier alpha value is -2.80. The lowest BCUT2D eigenvalue weighted by Crippen LogP contribution is -2.40. The number of rotatable bonds is 0. The number of pyridine rings is 1. The van der Waals surface area contributed by atoms with Gasteiger partial charge in [0.1, 0.15) is 5.82 Å². The molecule has 1 amide bonds. The van der Waals surface area contributed by atoms with Gasteiger partial charge >= 0.3 is 0 Å². The van der Waals surface area contributed by atoms with Crippen molar-refractivity contribution in [1.82, 2.24) is 4.98 Å². The lowest BCUT2D eigenvalue weighted by atomic mass is 9.95. The van der Waals surface area contributed by atoms with Gasteiger partial charge in [0.2, 0.25) is 5.91 Å². The Morgan fingerprint density at radius 1 is 1.38 bits per heavy atom. The van der Waals surface area contributed by atoms with E-state index in [9.17, 15) is 4.79 Å². The highest BCUT2D eigenvalue weighted by Crippen LogP contribution is 2.31. The zero-order valence-electron chi connectivity index (χ0n) is 14.4. The molecule has 0 bridgehead atoms. The maximum Gasteiger partial charge on any atom is 0.224 e. The van der Waals surface area contributed by atoms with Gasteiger partial charge < -0.3 is 10.6 Å². The number of hydrogen-bond donors (Lipinski definition) is 1. The molecule has 0 radical (unpaired) electrons. The number of amides is 1. The summed E-state index contributed by atoms with van der Waals surface area (Å²) in [5.74, 6) is 3.32. The standard InChI is InChI=1S/C14H15NO.C6H8N2/c1-4-12-6-8-14-13(9-12)7-5-10(2)15(14)11(3)16;1-5-3-2-4-6(7)8-5/h1,6,8-10H,5,7H2,2-3H3;2-4H,1H3,(H2,7,8)/t10-;/m0./s1. The number of nitrogens with zero attached hydrogens (tertiary/aromatic N) is 2. The summed E-state index contributed by atoms with van der Waals surface area (Å²) in [4.78, 5) is 17.4. The zero-order chi connectivity index (χ0) is 17.7. The fourth-order valence-electron chi connectivity index (χ4n) is 2.89. The van der Waals surface area contributed by atoms with Crippen LogP contribution in [-0.4, -0.2) is 16.9 Å². The fraction of sp³-hybridized carbons (Fsp3) is 0.300. The van der Waals surface area contributed by atoms with Crippen LogP contribution in [0.2, 0.25) is 0 Å². The average Bonchev–Trinajstić information content (AvgIpc) is 2.54. The second-order valence-corrected chi connectivity index (χ2v) is 5.97. The van der Waals surface area contributed by atoms with Crippen LogP contribution in [0, 0.1) is 19.3 Å². The fourth-order valence-corrected chi connectivity index (χ4v) is 2.89. The molecule has 4 heteroatoms. The van der Waals surface area contributed by atoms with Crippen LogP contribution in [0.15, 0.2) is 36.4 Å². The molecule has 2 N–H and O–H groups in total. The number of terminal acetylenes is 1. The minimum Gasteiger partial charge on any atom is -0.384 e. The largest absolute Gasteiger partial charge is 0.384 e. The van der Waals surface area contributed by atoms with Crippen LogP contribution < -0.4 is 10.6 Å². The molecule has 0 fully saturated rings. The minimum atomic E-state index is 0.0990. The van der Waals surface area contributed by atoms with Gasteiger partial charge in [-0.15, -0.1) is 6.42 Å². The predicted octanol–water partition coefficient (Wildman–Crippen LogP) is 3.33. The molecule has 1 aliphatic rings. The molecule has 24 heavy (non-hydrogen) atoms. The van der Waals surface area contributed by atoms with Gasteiger partial charge in [-0.3, -0.25) is 4.79 Å². The number of aromatic nitrogens is 1. The molecule has 1 atom stereocenters. The van der Waals surface area contributed by atoms with E-state index in [1.807, 2.05) is 42.2 Å². The maximum absolute atomic E-state index is 11.6. The summed E-state index contributed by atoms with van der Waals surface area (Å²) in [5.41, 5.74) is 9.40. The number of aryl methyl sites for hydroxylation is 2. The molecule has 0 saturated heterocycles. The van der Waals surface area contributed by atoms with Crippen LogP contribution in [0.25, 0.3) is 0 Å². The quantitative estimate of drug-likeness (QED) is 0.757. The Bertz CT molecular complexity index is 759. The highest BCUT2D eigenvalue weighted by Gasteiger charge is 2.25. The van der Waals surface area contributed by atoms with Gasteiger partial charge in [0.05, 0.1) is 0 Å². The van der Waals surface area contributed by atoms with Crippen molar-refractivity contribution < 1.29 is 4.79 Å². The van der Waals surface area contributed by atoms with Crippen molar-refractivity contribution in [2.75, 3.05) is 10.6 Å². The Morgan fingerprint density at radius 2 is 2.12 bits per heavy atom. The predicted molar refractivity (Wildman–Crippen MR) is 98.7 cm³/mol. The molecule has 124 valence electrons. The van der Waals surface area contributed by atoms with E-state index in [2.05, 4.69) is 17.8 Å². The Labute approximate surface area is 143 Å². The third kappa shape index (κ3) is 4.14. The summed E-state index contributed by atoms with van der Waals surface area (Å²) >= 11 is 0. The minimum absolute atomic E-state index is 0.0990. The Balaban J connectivity index is 0.000000219. The van der Waals surface area contributed by atoms with E-state index < -0.39 is 0 Å². The Morgan fingerprint density at radius 3 is 2.67 bits per heavy atom. The first-order valence-corrected chi connectivity index (χ1v) is 8.01. The number of anilines is 2. The van der Waals surface area contributed by atoms with Crippen LogP contribution in [0.4, 0.5) is 11.5 Å². The summed E-state index contributed by atoms with van der Waals surface area (Å²) in [6.07, 6.45) is 7.37. The number of hydrogen-bond acceptors (Lipinski definition) is 3. The van der Waals surface area contributed by atoms with Crippen LogP contribution in [0.1, 0.15) is 37.1 Å². The van der Waals surface area contributed by atoms with Gasteiger partial charge in [-0.1, -0.05) is 12.0 Å². The van der Waals surface area contributed by atoms with Crippen molar-refractivity contribution in [1.29, 1.82) is 0 Å². The number of benzene rings is 1. The average molecular weight is 321 g/mol. The van der Waals surface area contributed by atoms with E-state index in [4.69, 9.17) is 12.2 Å². The van der Waals surface area contributed by atoms with Gasteiger partial charge in [0.15, 0.2) is 0 Å². The van der Waals surface area contributed by atoms with Gasteiger partial charge in [-0.05, 0) is 62.6 Å². The molecule has 2 aromatic rings. The number of fused-ring (bicyclic) bond motifs is 1. The third-order valence-corrected chi connectivity index (χ3v) is 4.03. The molecule has 0 aliphatic carbocycles. The van der Waals surface area contributed by atoms with E-state index >= 15 is 0 Å². The molecule has 1 aliphatic heterocycles. The highest BCUT2D eigenvalue weighted by atomic mass is 16.2. The maximum atomic E-state index is 11.6. The second-order valence-electron chi connectivity index (χ2n) is 5.97.